The Labute approximate surface area is 156 Å². The van der Waals surface area contributed by atoms with Crippen LogP contribution < -0.4 is 5.32 Å². The van der Waals surface area contributed by atoms with Crippen LogP contribution in [0, 0.1) is 0 Å². The van der Waals surface area contributed by atoms with Crippen molar-refractivity contribution in [1.82, 2.24) is 20.5 Å². The largest absolute Gasteiger partial charge is 0.411 e. The molecule has 0 radical (unpaired) electrons. The minimum Gasteiger partial charge on any atom is -0.411 e. The van der Waals surface area contributed by atoms with Gasteiger partial charge in [0.1, 0.15) is 0 Å². The van der Waals surface area contributed by atoms with E-state index in [-0.39, 0.29) is 11.2 Å². The van der Waals surface area contributed by atoms with E-state index in [1.165, 1.54) is 31.0 Å². The fourth-order valence-corrected chi connectivity index (χ4v) is 4.08. The maximum Gasteiger partial charge on any atom is 0.277 e. The van der Waals surface area contributed by atoms with Gasteiger partial charge in [-0.1, -0.05) is 49.2 Å². The van der Waals surface area contributed by atoms with Crippen LogP contribution in [-0.4, -0.2) is 32.4 Å². The number of aromatic nitrogens is 3. The Bertz CT molecular complexity index is 898. The Morgan fingerprint density at radius 2 is 2.08 bits per heavy atom. The zero-order valence-electron chi connectivity index (χ0n) is 14.7. The molecule has 26 heavy (non-hydrogen) atoms. The van der Waals surface area contributed by atoms with Gasteiger partial charge in [0, 0.05) is 23.1 Å². The van der Waals surface area contributed by atoms with Gasteiger partial charge >= 0.3 is 0 Å². The number of nitrogens with zero attached hydrogens (tertiary/aromatic N) is 2. The lowest BCUT2D eigenvalue weighted by molar-refractivity contribution is -0.121. The summed E-state index contributed by atoms with van der Waals surface area (Å²) < 4.78 is 5.79. The summed E-state index contributed by atoms with van der Waals surface area (Å²) in [6.07, 6.45) is 7.69. The van der Waals surface area contributed by atoms with Crippen LogP contribution in [0.2, 0.25) is 0 Å². The number of benzene rings is 1. The average Bonchev–Trinajstić information content (AvgIpc) is 3.29. The Balaban J connectivity index is 1.42. The van der Waals surface area contributed by atoms with Crippen LogP contribution in [-0.2, 0) is 4.79 Å². The topological polar surface area (TPSA) is 83.8 Å². The molecule has 136 valence electrons. The number of hydrogen-bond donors (Lipinski definition) is 2. The summed E-state index contributed by atoms with van der Waals surface area (Å²) in [6, 6.07) is 8.28. The summed E-state index contributed by atoms with van der Waals surface area (Å²) in [7, 11) is 0. The van der Waals surface area contributed by atoms with Gasteiger partial charge < -0.3 is 14.7 Å². The first-order chi connectivity index (χ1) is 12.7. The third kappa shape index (κ3) is 3.62. The standard InChI is InChI=1S/C19H22N4O2S/c1-12(17(24)21-13-7-3-2-4-8-13)26-19-23-22-18(25-19)15-11-20-16-10-6-5-9-14(15)16/h5-6,9-13,20H,2-4,7-8H2,1H3,(H,21,24)/t12-/m0/s1. The number of carbonyl (C=O) groups is 1. The van der Waals surface area contributed by atoms with E-state index < -0.39 is 0 Å². The zero-order valence-corrected chi connectivity index (χ0v) is 15.5. The first-order valence-corrected chi connectivity index (χ1v) is 9.95. The number of hydrogen-bond acceptors (Lipinski definition) is 5. The van der Waals surface area contributed by atoms with E-state index >= 15 is 0 Å². The van der Waals surface area contributed by atoms with Crippen molar-refractivity contribution in [1.29, 1.82) is 0 Å². The summed E-state index contributed by atoms with van der Waals surface area (Å²) >= 11 is 1.30. The molecule has 1 aliphatic carbocycles. The van der Waals surface area contributed by atoms with Crippen molar-refractivity contribution in [3.63, 3.8) is 0 Å². The van der Waals surface area contributed by atoms with E-state index in [1.807, 2.05) is 37.4 Å². The van der Waals surface area contributed by atoms with Crippen molar-refractivity contribution < 1.29 is 9.21 Å². The van der Waals surface area contributed by atoms with E-state index in [4.69, 9.17) is 4.42 Å². The predicted octanol–water partition coefficient (Wildman–Crippen LogP) is 4.15. The van der Waals surface area contributed by atoms with Crippen LogP contribution in [0.4, 0.5) is 0 Å². The molecular weight excluding hydrogens is 348 g/mol. The number of rotatable bonds is 5. The Kier molecular flexibility index (Phi) is 4.97. The predicted molar refractivity (Wildman–Crippen MR) is 102 cm³/mol. The zero-order chi connectivity index (χ0) is 17.9. The van der Waals surface area contributed by atoms with Gasteiger partial charge in [-0.3, -0.25) is 4.79 Å². The summed E-state index contributed by atoms with van der Waals surface area (Å²) in [4.78, 5) is 15.6. The lowest BCUT2D eigenvalue weighted by Crippen LogP contribution is -2.40. The minimum atomic E-state index is -0.270. The van der Waals surface area contributed by atoms with Gasteiger partial charge in [-0.2, -0.15) is 0 Å². The molecule has 1 aromatic carbocycles. The van der Waals surface area contributed by atoms with E-state index in [2.05, 4.69) is 20.5 Å². The second-order valence-corrected chi connectivity index (χ2v) is 8.02. The van der Waals surface area contributed by atoms with E-state index in [0.717, 1.165) is 29.3 Å². The summed E-state index contributed by atoms with van der Waals surface area (Å²) in [5.74, 6) is 0.499. The van der Waals surface area contributed by atoms with Crippen molar-refractivity contribution in [2.75, 3.05) is 0 Å². The molecule has 2 N–H and O–H groups in total. The smallest absolute Gasteiger partial charge is 0.277 e. The van der Waals surface area contributed by atoms with Crippen molar-refractivity contribution in [3.8, 4) is 11.5 Å². The molecule has 7 heteroatoms. The van der Waals surface area contributed by atoms with Gasteiger partial charge in [-0.25, -0.2) is 0 Å². The molecule has 0 unspecified atom stereocenters. The molecule has 2 heterocycles. The van der Waals surface area contributed by atoms with Crippen LogP contribution in [0.15, 0.2) is 40.1 Å². The number of nitrogens with one attached hydrogen (secondary N) is 2. The number of fused-ring (bicyclic) bond motifs is 1. The van der Waals surface area contributed by atoms with Gasteiger partial charge in [0.2, 0.25) is 5.91 Å². The van der Waals surface area contributed by atoms with Crippen molar-refractivity contribution in [3.05, 3.63) is 30.5 Å². The Morgan fingerprint density at radius 1 is 1.27 bits per heavy atom. The number of H-pyrrole nitrogens is 1. The molecule has 1 amide bonds. The number of thioether (sulfide) groups is 1. The van der Waals surface area contributed by atoms with Crippen LogP contribution >= 0.6 is 11.8 Å². The first-order valence-electron chi connectivity index (χ1n) is 9.08. The molecule has 1 aliphatic rings. The maximum atomic E-state index is 12.4. The van der Waals surface area contributed by atoms with Gasteiger partial charge in [0.25, 0.3) is 11.1 Å². The molecule has 0 bridgehead atoms. The number of amides is 1. The maximum absolute atomic E-state index is 12.4. The monoisotopic (exact) mass is 370 g/mol. The van der Waals surface area contributed by atoms with Crippen molar-refractivity contribution in [2.45, 2.75) is 55.5 Å². The lowest BCUT2D eigenvalue weighted by atomic mass is 9.95. The molecule has 2 aromatic heterocycles. The highest BCUT2D eigenvalue weighted by Crippen LogP contribution is 2.30. The molecule has 0 spiro atoms. The van der Waals surface area contributed by atoms with Gasteiger partial charge in [0.05, 0.1) is 10.8 Å². The number of para-hydroxylation sites is 1. The van der Waals surface area contributed by atoms with Crippen molar-refractivity contribution in [2.24, 2.45) is 0 Å². The molecule has 0 aliphatic heterocycles. The SMILES string of the molecule is C[C@H](Sc1nnc(-c2c[nH]c3ccccc23)o1)C(=O)NC1CCCCC1. The molecule has 1 atom stereocenters. The highest BCUT2D eigenvalue weighted by molar-refractivity contribution is 8.00. The average molecular weight is 370 g/mol. The van der Waals surface area contributed by atoms with E-state index in [9.17, 15) is 4.79 Å². The van der Waals surface area contributed by atoms with Gasteiger partial charge in [0.15, 0.2) is 0 Å². The highest BCUT2D eigenvalue weighted by atomic mass is 32.2. The number of aromatic amines is 1. The van der Waals surface area contributed by atoms with Crippen LogP contribution in [0.1, 0.15) is 39.0 Å². The quantitative estimate of drug-likeness (QED) is 0.659. The highest BCUT2D eigenvalue weighted by Gasteiger charge is 2.23. The van der Waals surface area contributed by atoms with E-state index in [1.54, 1.807) is 0 Å². The fourth-order valence-electron chi connectivity index (χ4n) is 3.38. The summed E-state index contributed by atoms with van der Waals surface area (Å²) in [5.41, 5.74) is 1.90. The molecular formula is C19H22N4O2S. The normalized spacial score (nSPS) is 16.7. The van der Waals surface area contributed by atoms with Crippen LogP contribution in [0.5, 0.6) is 0 Å². The third-order valence-corrected chi connectivity index (χ3v) is 5.76. The summed E-state index contributed by atoms with van der Waals surface area (Å²) in [6.45, 7) is 1.87. The Hall–Kier alpha value is -2.28. The van der Waals surface area contributed by atoms with E-state index in [0.29, 0.717) is 17.2 Å². The van der Waals surface area contributed by atoms with Crippen LogP contribution in [0.25, 0.3) is 22.4 Å². The third-order valence-electron chi connectivity index (χ3n) is 4.82. The van der Waals surface area contributed by atoms with Crippen molar-refractivity contribution >= 4 is 28.6 Å². The second-order valence-electron chi connectivity index (χ2n) is 6.72. The Morgan fingerprint density at radius 3 is 2.92 bits per heavy atom. The van der Waals surface area contributed by atoms with Crippen LogP contribution in [0.3, 0.4) is 0 Å². The molecule has 4 rings (SSSR count). The molecule has 3 aromatic rings. The molecule has 1 saturated carbocycles. The van der Waals surface area contributed by atoms with Gasteiger partial charge in [-0.15, -0.1) is 10.2 Å². The van der Waals surface area contributed by atoms with Gasteiger partial charge in [-0.05, 0) is 25.8 Å². The number of carbonyl (C=O) groups excluding carboxylic acids is 1. The first kappa shape index (κ1) is 17.1. The lowest BCUT2D eigenvalue weighted by Gasteiger charge is -2.23. The second kappa shape index (κ2) is 7.53. The fraction of sp³-hybridized carbons (Fsp3) is 0.421. The molecule has 0 saturated heterocycles. The minimum absolute atomic E-state index is 0.0359. The molecule has 1 fully saturated rings. The molecule has 6 nitrogen and oxygen atoms in total. The summed E-state index contributed by atoms with van der Waals surface area (Å²) in [5, 5.41) is 12.6.